The summed E-state index contributed by atoms with van der Waals surface area (Å²) in [5.41, 5.74) is 1.93. The Balaban J connectivity index is 2.58. The summed E-state index contributed by atoms with van der Waals surface area (Å²) in [6.07, 6.45) is 1.80. The Hall–Kier alpha value is -0.880. The number of aryl methyl sites for hydroxylation is 1. The largest absolute Gasteiger partial charge is 0.496 e. The zero-order chi connectivity index (χ0) is 15.8. The Kier molecular flexibility index (Phi) is 4.78. The van der Waals surface area contributed by atoms with E-state index < -0.39 is 15.1 Å². The van der Waals surface area contributed by atoms with Crippen LogP contribution in [-0.2, 0) is 9.84 Å². The average Bonchev–Trinajstić information content (AvgIpc) is 2.41. The molecule has 1 heterocycles. The van der Waals surface area contributed by atoms with E-state index in [0.717, 1.165) is 22.0 Å². The molecule has 1 unspecified atom stereocenters. The summed E-state index contributed by atoms with van der Waals surface area (Å²) in [5.74, 6) is 0.229. The number of methoxy groups -OCH3 is 1. The fourth-order valence-electron chi connectivity index (χ4n) is 2.82. The molecule has 0 aromatic heterocycles. The van der Waals surface area contributed by atoms with Crippen molar-refractivity contribution in [3.05, 3.63) is 27.2 Å². The number of hydrogen-bond donors (Lipinski definition) is 0. The second kappa shape index (κ2) is 6.08. The van der Waals surface area contributed by atoms with Gasteiger partial charge in [-0.2, -0.15) is 0 Å². The lowest BCUT2D eigenvalue weighted by Crippen LogP contribution is -2.36. The minimum absolute atomic E-state index is 0.0950. The van der Waals surface area contributed by atoms with Gasteiger partial charge < -0.3 is 4.74 Å². The molecule has 6 heteroatoms. The van der Waals surface area contributed by atoms with Crippen LogP contribution in [0.3, 0.4) is 0 Å². The topological polar surface area (TPSA) is 60.4 Å². The molecule has 0 N–H and O–H groups in total. The van der Waals surface area contributed by atoms with Crippen LogP contribution < -0.4 is 4.74 Å². The first kappa shape index (κ1) is 16.5. The molecular weight excluding hydrogens is 356 g/mol. The fraction of sp³-hybridized carbons (Fsp3) is 0.533. The maximum atomic E-state index is 12.8. The number of sulfone groups is 1. The number of carbonyl (C=O) groups is 1. The maximum absolute atomic E-state index is 12.8. The van der Waals surface area contributed by atoms with Crippen LogP contribution in [0.2, 0.25) is 0 Å². The Labute approximate surface area is 133 Å². The smallest absolute Gasteiger partial charge is 0.184 e. The molecule has 0 bridgehead atoms. The number of benzene rings is 1. The Morgan fingerprint density at radius 1 is 1.33 bits per heavy atom. The van der Waals surface area contributed by atoms with Gasteiger partial charge in [0.15, 0.2) is 15.6 Å². The molecule has 1 aliphatic rings. The normalized spacial score (nSPS) is 21.0. The number of halogens is 1. The van der Waals surface area contributed by atoms with E-state index in [9.17, 15) is 13.2 Å². The molecule has 4 nitrogen and oxygen atoms in total. The van der Waals surface area contributed by atoms with Gasteiger partial charge in [0.05, 0.1) is 18.4 Å². The van der Waals surface area contributed by atoms with E-state index in [0.29, 0.717) is 24.2 Å². The predicted octanol–water partition coefficient (Wildman–Crippen LogP) is 3.22. The SMILES string of the molecule is COc1c(C)cc(Br)c(C)c1C(=O)C1CCCCS1(=O)=O. The molecule has 2 rings (SSSR count). The van der Waals surface area contributed by atoms with Crippen LogP contribution in [0.15, 0.2) is 10.5 Å². The van der Waals surface area contributed by atoms with Gasteiger partial charge in [-0.25, -0.2) is 8.42 Å². The summed E-state index contributed by atoms with van der Waals surface area (Å²) in [5, 5.41) is -0.937. The Morgan fingerprint density at radius 2 is 2.00 bits per heavy atom. The van der Waals surface area contributed by atoms with Crippen LogP contribution in [-0.4, -0.2) is 32.3 Å². The first-order valence-electron chi connectivity index (χ1n) is 6.89. The maximum Gasteiger partial charge on any atom is 0.184 e. The van der Waals surface area contributed by atoms with Crippen LogP contribution >= 0.6 is 15.9 Å². The number of hydrogen-bond acceptors (Lipinski definition) is 4. The highest BCUT2D eigenvalue weighted by atomic mass is 79.9. The summed E-state index contributed by atoms with van der Waals surface area (Å²) in [7, 11) is -1.86. The van der Waals surface area contributed by atoms with Crippen molar-refractivity contribution < 1.29 is 17.9 Å². The summed E-state index contributed by atoms with van der Waals surface area (Å²) in [4.78, 5) is 12.8. The van der Waals surface area contributed by atoms with Crippen LogP contribution in [0, 0.1) is 13.8 Å². The molecule has 116 valence electrons. The van der Waals surface area contributed by atoms with E-state index in [-0.39, 0.29) is 11.5 Å². The van der Waals surface area contributed by atoms with Crippen LogP contribution in [0.1, 0.15) is 40.7 Å². The molecule has 1 aliphatic heterocycles. The van der Waals surface area contributed by atoms with Crippen LogP contribution in [0.5, 0.6) is 5.75 Å². The van der Waals surface area contributed by atoms with Gasteiger partial charge in [0.2, 0.25) is 0 Å². The Morgan fingerprint density at radius 3 is 2.57 bits per heavy atom. The van der Waals surface area contributed by atoms with Gasteiger partial charge in [0, 0.05) is 4.47 Å². The number of rotatable bonds is 3. The second-order valence-electron chi connectivity index (χ2n) is 5.42. The van der Waals surface area contributed by atoms with Crippen LogP contribution in [0.25, 0.3) is 0 Å². The highest BCUT2D eigenvalue weighted by molar-refractivity contribution is 9.10. The van der Waals surface area contributed by atoms with Crippen molar-refractivity contribution in [3.8, 4) is 5.75 Å². The van der Waals surface area contributed by atoms with Gasteiger partial charge in [-0.15, -0.1) is 0 Å². The zero-order valence-corrected chi connectivity index (χ0v) is 14.8. The molecule has 0 radical (unpaired) electrons. The minimum Gasteiger partial charge on any atom is -0.496 e. The van der Waals surface area contributed by atoms with E-state index in [1.807, 2.05) is 13.0 Å². The third-order valence-electron chi connectivity index (χ3n) is 3.98. The number of ether oxygens (including phenoxy) is 1. The molecule has 1 aromatic carbocycles. The van der Waals surface area contributed by atoms with Crippen molar-refractivity contribution >= 4 is 31.6 Å². The van der Waals surface area contributed by atoms with Crippen molar-refractivity contribution in [2.75, 3.05) is 12.9 Å². The van der Waals surface area contributed by atoms with E-state index in [4.69, 9.17) is 4.74 Å². The number of Topliss-reactive ketones (excluding diaryl/α,β-unsaturated/α-hetero) is 1. The first-order chi connectivity index (χ1) is 9.79. The molecule has 0 aliphatic carbocycles. The highest BCUT2D eigenvalue weighted by Gasteiger charge is 2.37. The molecule has 21 heavy (non-hydrogen) atoms. The fourth-order valence-corrected chi connectivity index (χ4v) is 5.22. The molecule has 0 spiro atoms. The van der Waals surface area contributed by atoms with E-state index in [2.05, 4.69) is 15.9 Å². The minimum atomic E-state index is -3.36. The summed E-state index contributed by atoms with van der Waals surface area (Å²) in [6, 6.07) is 1.88. The third-order valence-corrected chi connectivity index (χ3v) is 6.98. The van der Waals surface area contributed by atoms with Gasteiger partial charge in [-0.05, 0) is 43.9 Å². The first-order valence-corrected chi connectivity index (χ1v) is 9.40. The van der Waals surface area contributed by atoms with Gasteiger partial charge >= 0.3 is 0 Å². The van der Waals surface area contributed by atoms with E-state index >= 15 is 0 Å². The quantitative estimate of drug-likeness (QED) is 0.762. The summed E-state index contributed by atoms with van der Waals surface area (Å²) < 4.78 is 30.6. The lowest BCUT2D eigenvalue weighted by atomic mass is 9.96. The second-order valence-corrected chi connectivity index (χ2v) is 8.58. The van der Waals surface area contributed by atoms with Crippen LogP contribution in [0.4, 0.5) is 0 Å². The van der Waals surface area contributed by atoms with Crippen molar-refractivity contribution in [1.29, 1.82) is 0 Å². The molecular formula is C15H19BrO4S. The van der Waals surface area contributed by atoms with Gasteiger partial charge in [-0.3, -0.25) is 4.79 Å². The molecule has 1 atom stereocenters. The lowest BCUT2D eigenvalue weighted by Gasteiger charge is -2.23. The van der Waals surface area contributed by atoms with Gasteiger partial charge in [0.25, 0.3) is 0 Å². The summed E-state index contributed by atoms with van der Waals surface area (Å²) in [6.45, 7) is 3.64. The van der Waals surface area contributed by atoms with Crippen molar-refractivity contribution in [1.82, 2.24) is 0 Å². The Bertz CT molecular complexity index is 679. The predicted molar refractivity (Wildman–Crippen MR) is 85.9 cm³/mol. The molecule has 1 fully saturated rings. The van der Waals surface area contributed by atoms with E-state index in [1.165, 1.54) is 7.11 Å². The summed E-state index contributed by atoms with van der Waals surface area (Å²) >= 11 is 3.42. The third kappa shape index (κ3) is 3.01. The van der Waals surface area contributed by atoms with Crippen molar-refractivity contribution in [2.24, 2.45) is 0 Å². The van der Waals surface area contributed by atoms with Crippen molar-refractivity contribution in [3.63, 3.8) is 0 Å². The number of ketones is 1. The molecule has 1 aromatic rings. The monoisotopic (exact) mass is 374 g/mol. The van der Waals surface area contributed by atoms with Gasteiger partial charge in [0.1, 0.15) is 11.0 Å². The molecule has 0 amide bonds. The lowest BCUT2D eigenvalue weighted by molar-refractivity contribution is 0.0977. The number of carbonyl (C=O) groups excluding carboxylic acids is 1. The average molecular weight is 375 g/mol. The van der Waals surface area contributed by atoms with Gasteiger partial charge in [-0.1, -0.05) is 22.4 Å². The molecule has 0 saturated carbocycles. The molecule has 1 saturated heterocycles. The van der Waals surface area contributed by atoms with E-state index in [1.54, 1.807) is 6.92 Å². The zero-order valence-electron chi connectivity index (χ0n) is 12.4. The standard InChI is InChI=1S/C15H19BrO4S/c1-9-8-11(16)10(2)13(15(9)20-3)14(17)12-6-4-5-7-21(12,18)19/h8,12H,4-7H2,1-3H3. The highest BCUT2D eigenvalue weighted by Crippen LogP contribution is 2.35. The van der Waals surface area contributed by atoms with Crippen molar-refractivity contribution in [2.45, 2.75) is 38.4 Å².